The summed E-state index contributed by atoms with van der Waals surface area (Å²) in [5.74, 6) is 0.882. The second-order valence-corrected chi connectivity index (χ2v) is 5.96. The minimum absolute atomic E-state index is 0.345. The minimum Gasteiger partial charge on any atom is -0.456 e. The van der Waals surface area contributed by atoms with Crippen LogP contribution in [0.25, 0.3) is 0 Å². The van der Waals surface area contributed by atoms with E-state index in [2.05, 4.69) is 20.7 Å². The summed E-state index contributed by atoms with van der Waals surface area (Å²) in [5, 5.41) is 0. The molecule has 2 rings (SSSR count). The van der Waals surface area contributed by atoms with Crippen molar-refractivity contribution < 1.29 is 17.9 Å². The van der Waals surface area contributed by atoms with Gasteiger partial charge in [-0.05, 0) is 77.4 Å². The molecular weight excluding hydrogens is 367 g/mol. The van der Waals surface area contributed by atoms with Crippen molar-refractivity contribution in [3.05, 3.63) is 52.5 Å². The number of halogens is 4. The van der Waals surface area contributed by atoms with Crippen LogP contribution in [0.1, 0.15) is 5.56 Å². The maximum Gasteiger partial charge on any atom is 0.416 e. The van der Waals surface area contributed by atoms with Gasteiger partial charge in [0.1, 0.15) is 11.5 Å². The van der Waals surface area contributed by atoms with E-state index in [4.69, 9.17) is 4.74 Å². The lowest BCUT2D eigenvalue weighted by Gasteiger charge is -2.11. The van der Waals surface area contributed by atoms with Crippen molar-refractivity contribution in [2.75, 3.05) is 7.05 Å². The van der Waals surface area contributed by atoms with Gasteiger partial charge in [0, 0.05) is 4.90 Å². The molecule has 0 saturated heterocycles. The van der Waals surface area contributed by atoms with Gasteiger partial charge in [0.15, 0.2) is 0 Å². The summed E-state index contributed by atoms with van der Waals surface area (Å²) in [6.07, 6.45) is -4.34. The van der Waals surface area contributed by atoms with Crippen molar-refractivity contribution in [1.82, 2.24) is 4.72 Å². The number of rotatable bonds is 4. The maximum atomic E-state index is 12.5. The van der Waals surface area contributed by atoms with Crippen LogP contribution < -0.4 is 9.46 Å². The van der Waals surface area contributed by atoms with Crippen molar-refractivity contribution in [3.8, 4) is 11.5 Å². The molecular formula is C14H11BrF3NOS. The molecule has 0 heterocycles. The highest BCUT2D eigenvalue weighted by atomic mass is 79.9. The highest BCUT2D eigenvalue weighted by Gasteiger charge is 2.30. The predicted octanol–water partition coefficient (Wildman–Crippen LogP) is 5.49. The molecule has 0 aliphatic rings. The highest BCUT2D eigenvalue weighted by Crippen LogP contribution is 2.34. The van der Waals surface area contributed by atoms with Gasteiger partial charge in [-0.3, -0.25) is 4.72 Å². The topological polar surface area (TPSA) is 21.3 Å². The summed E-state index contributed by atoms with van der Waals surface area (Å²) in [4.78, 5) is 0.990. The quantitative estimate of drug-likeness (QED) is 0.712. The fourth-order valence-corrected chi connectivity index (χ4v) is 2.74. The molecule has 2 nitrogen and oxygen atoms in total. The number of hydrogen-bond acceptors (Lipinski definition) is 3. The van der Waals surface area contributed by atoms with Gasteiger partial charge in [0.05, 0.1) is 10.0 Å². The molecule has 0 aromatic heterocycles. The zero-order chi connectivity index (χ0) is 15.5. The van der Waals surface area contributed by atoms with E-state index in [1.165, 1.54) is 24.1 Å². The van der Waals surface area contributed by atoms with Gasteiger partial charge in [-0.1, -0.05) is 0 Å². The highest BCUT2D eigenvalue weighted by molar-refractivity contribution is 9.10. The van der Waals surface area contributed by atoms with Crippen molar-refractivity contribution in [2.24, 2.45) is 0 Å². The van der Waals surface area contributed by atoms with Crippen molar-refractivity contribution in [2.45, 2.75) is 11.1 Å². The maximum absolute atomic E-state index is 12.5. The van der Waals surface area contributed by atoms with Crippen LogP contribution in [-0.4, -0.2) is 7.05 Å². The molecule has 0 bridgehead atoms. The molecule has 0 atom stereocenters. The predicted molar refractivity (Wildman–Crippen MR) is 80.6 cm³/mol. The number of ether oxygens (including phenoxy) is 1. The van der Waals surface area contributed by atoms with Gasteiger partial charge in [0.25, 0.3) is 0 Å². The second kappa shape index (κ2) is 6.72. The third-order valence-electron chi connectivity index (χ3n) is 2.53. The Bertz CT molecular complexity index is 617. The average Bonchev–Trinajstić information content (AvgIpc) is 2.42. The van der Waals surface area contributed by atoms with Gasteiger partial charge in [-0.15, -0.1) is 0 Å². The summed E-state index contributed by atoms with van der Waals surface area (Å²) in [6.45, 7) is 0. The van der Waals surface area contributed by atoms with Crippen LogP contribution in [0.15, 0.2) is 51.8 Å². The van der Waals surface area contributed by atoms with Crippen LogP contribution in [0, 0.1) is 0 Å². The Balaban J connectivity index is 2.15. The summed E-state index contributed by atoms with van der Waals surface area (Å²) in [5.41, 5.74) is -0.699. The molecule has 2 aromatic rings. The molecule has 0 saturated carbocycles. The van der Waals surface area contributed by atoms with Crippen LogP contribution in [0.2, 0.25) is 0 Å². The van der Waals surface area contributed by atoms with E-state index in [1.54, 1.807) is 6.07 Å². The minimum atomic E-state index is -4.34. The average molecular weight is 378 g/mol. The lowest BCUT2D eigenvalue weighted by Crippen LogP contribution is -2.04. The van der Waals surface area contributed by atoms with E-state index < -0.39 is 11.7 Å². The van der Waals surface area contributed by atoms with E-state index in [1.807, 2.05) is 19.2 Å². The zero-order valence-corrected chi connectivity index (χ0v) is 13.3. The van der Waals surface area contributed by atoms with Crippen LogP contribution in [-0.2, 0) is 6.18 Å². The Morgan fingerprint density at radius 1 is 1.10 bits per heavy atom. The first-order chi connectivity index (χ1) is 9.90. The molecule has 0 aliphatic carbocycles. The molecule has 0 aliphatic heterocycles. The number of nitrogens with one attached hydrogen (secondary N) is 1. The Morgan fingerprint density at radius 2 is 1.76 bits per heavy atom. The van der Waals surface area contributed by atoms with Gasteiger partial charge in [-0.2, -0.15) is 13.2 Å². The Morgan fingerprint density at radius 3 is 2.29 bits per heavy atom. The van der Waals surface area contributed by atoms with Gasteiger partial charge < -0.3 is 4.74 Å². The third kappa shape index (κ3) is 4.39. The monoisotopic (exact) mass is 377 g/mol. The summed E-state index contributed by atoms with van der Waals surface area (Å²) in [7, 11) is 1.81. The summed E-state index contributed by atoms with van der Waals surface area (Å²) in [6, 6.07) is 10.0. The first kappa shape index (κ1) is 16.2. The smallest absolute Gasteiger partial charge is 0.416 e. The zero-order valence-electron chi connectivity index (χ0n) is 10.9. The molecule has 0 fully saturated rings. The van der Waals surface area contributed by atoms with Gasteiger partial charge >= 0.3 is 6.18 Å². The first-order valence-corrected chi connectivity index (χ1v) is 7.49. The largest absolute Gasteiger partial charge is 0.456 e. The van der Waals surface area contributed by atoms with E-state index in [0.29, 0.717) is 11.5 Å². The number of benzene rings is 2. The first-order valence-electron chi connectivity index (χ1n) is 5.88. The van der Waals surface area contributed by atoms with Crippen molar-refractivity contribution >= 4 is 27.9 Å². The standard InChI is InChI=1S/C14H11BrF3NOS/c1-19-21-11-6-7-13(12(15)8-11)20-10-4-2-9(3-5-10)14(16,17)18/h2-8,19H,1H3. The number of alkyl halides is 3. The fourth-order valence-electron chi connectivity index (χ4n) is 1.58. The molecule has 7 heteroatoms. The van der Waals surface area contributed by atoms with E-state index in [0.717, 1.165) is 21.5 Å². The molecule has 112 valence electrons. The van der Waals surface area contributed by atoms with E-state index >= 15 is 0 Å². The molecule has 2 aromatic carbocycles. The Labute approximate surface area is 133 Å². The van der Waals surface area contributed by atoms with Crippen molar-refractivity contribution in [1.29, 1.82) is 0 Å². The van der Waals surface area contributed by atoms with Crippen LogP contribution in [0.4, 0.5) is 13.2 Å². The Hall–Kier alpha value is -1.18. The summed E-state index contributed by atoms with van der Waals surface area (Å²) < 4.78 is 46.7. The fraction of sp³-hybridized carbons (Fsp3) is 0.143. The van der Waals surface area contributed by atoms with Crippen LogP contribution in [0.3, 0.4) is 0 Å². The number of hydrogen-bond donors (Lipinski definition) is 1. The molecule has 0 radical (unpaired) electrons. The van der Waals surface area contributed by atoms with E-state index in [-0.39, 0.29) is 0 Å². The summed E-state index contributed by atoms with van der Waals surface area (Å²) >= 11 is 4.82. The lowest BCUT2D eigenvalue weighted by molar-refractivity contribution is -0.137. The van der Waals surface area contributed by atoms with Crippen LogP contribution in [0.5, 0.6) is 11.5 Å². The van der Waals surface area contributed by atoms with Crippen molar-refractivity contribution in [3.63, 3.8) is 0 Å². The normalized spacial score (nSPS) is 11.5. The molecule has 0 amide bonds. The molecule has 0 unspecified atom stereocenters. The molecule has 0 spiro atoms. The lowest BCUT2D eigenvalue weighted by atomic mass is 10.2. The van der Waals surface area contributed by atoms with E-state index in [9.17, 15) is 13.2 Å². The third-order valence-corrected chi connectivity index (χ3v) is 3.85. The molecule has 21 heavy (non-hydrogen) atoms. The Kier molecular flexibility index (Phi) is 5.18. The van der Waals surface area contributed by atoms with Gasteiger partial charge in [0.2, 0.25) is 0 Å². The van der Waals surface area contributed by atoms with Gasteiger partial charge in [-0.25, -0.2) is 0 Å². The second-order valence-electron chi connectivity index (χ2n) is 4.02. The van der Waals surface area contributed by atoms with Crippen LogP contribution >= 0.6 is 27.9 Å². The molecule has 1 N–H and O–H groups in total. The SMILES string of the molecule is CNSc1ccc(Oc2ccc(C(F)(F)F)cc2)c(Br)c1.